The lowest BCUT2D eigenvalue weighted by atomic mass is 10.0. The van der Waals surface area contributed by atoms with Crippen molar-refractivity contribution in [2.75, 3.05) is 0 Å². The number of hydrogen-bond donors (Lipinski definition) is 0. The van der Waals surface area contributed by atoms with Crippen LogP contribution in [-0.4, -0.2) is 5.78 Å². The summed E-state index contributed by atoms with van der Waals surface area (Å²) in [6.07, 6.45) is 2.25. The molecule has 0 radical (unpaired) electrons. The molecule has 0 saturated heterocycles. The van der Waals surface area contributed by atoms with E-state index in [1.807, 2.05) is 0 Å². The van der Waals surface area contributed by atoms with Gasteiger partial charge in [0.25, 0.3) is 0 Å². The molecule has 1 nitrogen and oxygen atoms in total. The van der Waals surface area contributed by atoms with Gasteiger partial charge in [0.2, 0.25) is 0 Å². The summed E-state index contributed by atoms with van der Waals surface area (Å²) < 4.78 is 13.1. The average Bonchev–Trinajstić information content (AvgIpc) is 2.21. The Bertz CT molecular complexity index is 374. The van der Waals surface area contributed by atoms with Crippen molar-refractivity contribution in [1.82, 2.24) is 0 Å². The fourth-order valence-electron chi connectivity index (χ4n) is 1.52. The first kappa shape index (κ1) is 13.2. The van der Waals surface area contributed by atoms with Crippen molar-refractivity contribution in [2.24, 2.45) is 5.92 Å². The molecule has 16 heavy (non-hydrogen) atoms. The van der Waals surface area contributed by atoms with Gasteiger partial charge in [-0.3, -0.25) is 4.79 Å². The Kier molecular flexibility index (Phi) is 4.94. The Morgan fingerprint density at radius 1 is 1.44 bits per heavy atom. The van der Waals surface area contributed by atoms with E-state index in [4.69, 9.17) is 11.6 Å². The van der Waals surface area contributed by atoms with Crippen LogP contribution in [0.1, 0.15) is 43.5 Å². The molecule has 0 N–H and O–H groups in total. The minimum atomic E-state index is -0.531. The molecular weight excluding hydrogens is 227 g/mol. The van der Waals surface area contributed by atoms with Crippen LogP contribution in [0, 0.1) is 11.7 Å². The monoisotopic (exact) mass is 242 g/mol. The van der Waals surface area contributed by atoms with E-state index in [0.29, 0.717) is 17.9 Å². The molecule has 1 aromatic rings. The molecule has 0 heterocycles. The summed E-state index contributed by atoms with van der Waals surface area (Å²) in [7, 11) is 0. The van der Waals surface area contributed by atoms with Crippen LogP contribution in [0.15, 0.2) is 18.2 Å². The Morgan fingerprint density at radius 2 is 2.12 bits per heavy atom. The van der Waals surface area contributed by atoms with Crippen molar-refractivity contribution < 1.29 is 9.18 Å². The molecule has 0 saturated carbocycles. The maximum atomic E-state index is 13.1. The van der Waals surface area contributed by atoms with Crippen LogP contribution in [0.4, 0.5) is 4.39 Å². The minimum Gasteiger partial charge on any atom is -0.294 e. The van der Waals surface area contributed by atoms with Crippen LogP contribution in [0.25, 0.3) is 0 Å². The Hall–Kier alpha value is -0.890. The van der Waals surface area contributed by atoms with Crippen molar-refractivity contribution in [3.8, 4) is 0 Å². The lowest BCUT2D eigenvalue weighted by Crippen LogP contribution is -2.02. The largest absolute Gasteiger partial charge is 0.294 e. The SMILES string of the molecule is CC(C)CCCC(=O)c1cccc(F)c1Cl. The third kappa shape index (κ3) is 3.60. The molecule has 0 unspecified atom stereocenters. The molecule has 1 rings (SSSR count). The van der Waals surface area contributed by atoms with Gasteiger partial charge in [-0.25, -0.2) is 4.39 Å². The van der Waals surface area contributed by atoms with E-state index in [0.717, 1.165) is 12.8 Å². The van der Waals surface area contributed by atoms with Crippen molar-refractivity contribution in [1.29, 1.82) is 0 Å². The highest BCUT2D eigenvalue weighted by Gasteiger charge is 2.12. The second kappa shape index (κ2) is 6.00. The standard InChI is InChI=1S/C13H16ClFO/c1-9(2)5-3-8-12(16)10-6-4-7-11(15)13(10)14/h4,6-7,9H,3,5,8H2,1-2H3. The number of carbonyl (C=O) groups is 1. The van der Waals surface area contributed by atoms with Crippen LogP contribution >= 0.6 is 11.6 Å². The van der Waals surface area contributed by atoms with Gasteiger partial charge in [0.1, 0.15) is 5.82 Å². The first-order chi connectivity index (χ1) is 7.52. The van der Waals surface area contributed by atoms with E-state index < -0.39 is 5.82 Å². The number of halogens is 2. The predicted octanol–water partition coefficient (Wildman–Crippen LogP) is 4.49. The van der Waals surface area contributed by atoms with Crippen molar-refractivity contribution in [3.63, 3.8) is 0 Å². The Labute approximate surface area is 101 Å². The highest BCUT2D eigenvalue weighted by Crippen LogP contribution is 2.22. The molecular formula is C13H16ClFO. The molecule has 0 aromatic heterocycles. The van der Waals surface area contributed by atoms with Gasteiger partial charge in [0.05, 0.1) is 5.02 Å². The van der Waals surface area contributed by atoms with Gasteiger partial charge in [-0.15, -0.1) is 0 Å². The number of Topliss-reactive ketones (excluding diaryl/α,β-unsaturated/α-hetero) is 1. The van der Waals surface area contributed by atoms with E-state index >= 15 is 0 Å². The zero-order chi connectivity index (χ0) is 12.1. The van der Waals surface area contributed by atoms with Gasteiger partial charge in [-0.1, -0.05) is 37.9 Å². The molecule has 0 spiro atoms. The average molecular weight is 243 g/mol. The summed E-state index contributed by atoms with van der Waals surface area (Å²) in [6, 6.07) is 4.34. The normalized spacial score (nSPS) is 10.8. The highest BCUT2D eigenvalue weighted by molar-refractivity contribution is 6.34. The zero-order valence-corrected chi connectivity index (χ0v) is 10.4. The molecule has 3 heteroatoms. The first-order valence-corrected chi connectivity index (χ1v) is 5.87. The van der Waals surface area contributed by atoms with Gasteiger partial charge >= 0.3 is 0 Å². The summed E-state index contributed by atoms with van der Waals surface area (Å²) in [5, 5.41) is -0.0583. The quantitative estimate of drug-likeness (QED) is 0.696. The van der Waals surface area contributed by atoms with Gasteiger partial charge < -0.3 is 0 Å². The maximum Gasteiger partial charge on any atom is 0.164 e. The smallest absolute Gasteiger partial charge is 0.164 e. The fourth-order valence-corrected chi connectivity index (χ4v) is 1.76. The summed E-state index contributed by atoms with van der Waals surface area (Å²) in [6.45, 7) is 4.22. The molecule has 1 aromatic carbocycles. The van der Waals surface area contributed by atoms with Crippen LogP contribution in [0.5, 0.6) is 0 Å². The molecule has 0 aliphatic rings. The summed E-state index contributed by atoms with van der Waals surface area (Å²) in [5.41, 5.74) is 0.297. The van der Waals surface area contributed by atoms with Gasteiger partial charge in [0, 0.05) is 12.0 Å². The lowest BCUT2D eigenvalue weighted by molar-refractivity contribution is 0.0978. The van der Waals surface area contributed by atoms with Gasteiger partial charge in [0.15, 0.2) is 5.78 Å². The van der Waals surface area contributed by atoms with Crippen LogP contribution in [-0.2, 0) is 0 Å². The highest BCUT2D eigenvalue weighted by atomic mass is 35.5. The predicted molar refractivity (Wildman–Crippen MR) is 64.4 cm³/mol. The van der Waals surface area contributed by atoms with Crippen LogP contribution < -0.4 is 0 Å². The third-order valence-corrected chi connectivity index (χ3v) is 2.82. The zero-order valence-electron chi connectivity index (χ0n) is 9.59. The topological polar surface area (TPSA) is 17.1 Å². The van der Waals surface area contributed by atoms with Crippen molar-refractivity contribution >= 4 is 17.4 Å². The van der Waals surface area contributed by atoms with Crippen molar-refractivity contribution in [2.45, 2.75) is 33.1 Å². The van der Waals surface area contributed by atoms with E-state index in [-0.39, 0.29) is 10.8 Å². The summed E-state index contributed by atoms with van der Waals surface area (Å²) in [4.78, 5) is 11.7. The minimum absolute atomic E-state index is 0.0583. The van der Waals surface area contributed by atoms with E-state index in [1.165, 1.54) is 12.1 Å². The van der Waals surface area contributed by atoms with Gasteiger partial charge in [-0.2, -0.15) is 0 Å². The lowest BCUT2D eigenvalue weighted by Gasteiger charge is -2.05. The molecule has 0 amide bonds. The molecule has 0 aliphatic heterocycles. The van der Waals surface area contributed by atoms with Gasteiger partial charge in [-0.05, 0) is 24.5 Å². The van der Waals surface area contributed by atoms with E-state index in [9.17, 15) is 9.18 Å². The second-order valence-electron chi connectivity index (χ2n) is 4.31. The summed E-state index contributed by atoms with van der Waals surface area (Å²) in [5.74, 6) is -0.0303. The second-order valence-corrected chi connectivity index (χ2v) is 4.69. The maximum absolute atomic E-state index is 13.1. The van der Waals surface area contributed by atoms with E-state index in [2.05, 4.69) is 13.8 Å². The third-order valence-electron chi connectivity index (χ3n) is 2.44. The Morgan fingerprint density at radius 3 is 2.75 bits per heavy atom. The van der Waals surface area contributed by atoms with Crippen molar-refractivity contribution in [3.05, 3.63) is 34.6 Å². The Balaban J connectivity index is 2.63. The van der Waals surface area contributed by atoms with Crippen LogP contribution in [0.3, 0.4) is 0 Å². The molecule has 0 atom stereocenters. The molecule has 0 fully saturated rings. The molecule has 0 bridgehead atoms. The number of carbonyl (C=O) groups excluding carboxylic acids is 1. The number of hydrogen-bond acceptors (Lipinski definition) is 1. The number of ketones is 1. The number of benzene rings is 1. The van der Waals surface area contributed by atoms with E-state index in [1.54, 1.807) is 6.07 Å². The first-order valence-electron chi connectivity index (χ1n) is 5.49. The fraction of sp³-hybridized carbons (Fsp3) is 0.462. The molecule has 88 valence electrons. The summed E-state index contributed by atoms with van der Waals surface area (Å²) >= 11 is 5.73. The molecule has 0 aliphatic carbocycles. The van der Waals surface area contributed by atoms with Crippen LogP contribution in [0.2, 0.25) is 5.02 Å². The number of rotatable bonds is 5.